The van der Waals surface area contributed by atoms with Gasteiger partial charge in [-0.05, 0) is 30.2 Å². The summed E-state index contributed by atoms with van der Waals surface area (Å²) >= 11 is 0. The summed E-state index contributed by atoms with van der Waals surface area (Å²) in [4.78, 5) is 13.7. The van der Waals surface area contributed by atoms with Crippen LogP contribution < -0.4 is 16.4 Å². The van der Waals surface area contributed by atoms with Crippen LogP contribution in [0.2, 0.25) is 0 Å². The summed E-state index contributed by atoms with van der Waals surface area (Å²) in [6.45, 7) is 1.59. The average Bonchev–Trinajstić information content (AvgIpc) is 2.84. The molecule has 0 saturated heterocycles. The van der Waals surface area contributed by atoms with Crippen molar-refractivity contribution in [3.8, 4) is 0 Å². The number of nitrogens with two attached hydrogens (primary N) is 2. The van der Waals surface area contributed by atoms with Gasteiger partial charge in [0.2, 0.25) is 5.91 Å². The first-order valence-electron chi connectivity index (χ1n) is 6.67. The van der Waals surface area contributed by atoms with Gasteiger partial charge < -0.3 is 16.4 Å². The molecule has 4 nitrogen and oxygen atoms in total. The molecule has 4 heteroatoms. The second-order valence-electron chi connectivity index (χ2n) is 5.04. The summed E-state index contributed by atoms with van der Waals surface area (Å²) in [5.41, 5.74) is 16.2. The number of primary amides is 1. The fourth-order valence-corrected chi connectivity index (χ4v) is 2.80. The molecule has 0 radical (unpaired) electrons. The Kier molecular flexibility index (Phi) is 3.06. The second-order valence-corrected chi connectivity index (χ2v) is 5.04. The maximum absolute atomic E-state index is 11.5. The van der Waals surface area contributed by atoms with E-state index in [4.69, 9.17) is 11.5 Å². The van der Waals surface area contributed by atoms with Crippen LogP contribution >= 0.6 is 0 Å². The maximum atomic E-state index is 11.5. The number of hydrogen-bond acceptors (Lipinski definition) is 3. The Morgan fingerprint density at radius 3 is 2.75 bits per heavy atom. The van der Waals surface area contributed by atoms with Crippen LogP contribution in [0.5, 0.6) is 0 Å². The third kappa shape index (κ3) is 2.09. The van der Waals surface area contributed by atoms with Crippen molar-refractivity contribution in [2.45, 2.75) is 13.0 Å². The summed E-state index contributed by atoms with van der Waals surface area (Å²) < 4.78 is 0. The molecule has 2 aromatic rings. The van der Waals surface area contributed by atoms with E-state index >= 15 is 0 Å². The van der Waals surface area contributed by atoms with E-state index in [0.717, 1.165) is 29.9 Å². The van der Waals surface area contributed by atoms with E-state index in [0.29, 0.717) is 12.1 Å². The number of carbonyl (C=O) groups is 1. The first-order chi connectivity index (χ1) is 9.66. The Bertz CT molecular complexity index is 667. The van der Waals surface area contributed by atoms with E-state index in [-0.39, 0.29) is 5.91 Å². The predicted molar refractivity (Wildman–Crippen MR) is 80.6 cm³/mol. The lowest BCUT2D eigenvalue weighted by molar-refractivity contribution is 0.0999. The molecular formula is C16H17N3O. The van der Waals surface area contributed by atoms with Crippen molar-refractivity contribution in [3.05, 3.63) is 59.2 Å². The summed E-state index contributed by atoms with van der Waals surface area (Å²) in [6, 6.07) is 13.5. The smallest absolute Gasteiger partial charge is 0.249 e. The highest BCUT2D eigenvalue weighted by Crippen LogP contribution is 2.33. The van der Waals surface area contributed by atoms with Gasteiger partial charge in [-0.1, -0.05) is 24.3 Å². The van der Waals surface area contributed by atoms with Gasteiger partial charge in [-0.25, -0.2) is 0 Å². The van der Waals surface area contributed by atoms with Crippen molar-refractivity contribution in [2.24, 2.45) is 5.73 Å². The van der Waals surface area contributed by atoms with Crippen LogP contribution in [-0.4, -0.2) is 12.5 Å². The van der Waals surface area contributed by atoms with Crippen LogP contribution in [0.3, 0.4) is 0 Å². The van der Waals surface area contributed by atoms with E-state index in [1.807, 2.05) is 30.3 Å². The molecule has 102 valence electrons. The normalized spacial score (nSPS) is 13.3. The van der Waals surface area contributed by atoms with E-state index in [1.165, 1.54) is 5.56 Å². The molecule has 20 heavy (non-hydrogen) atoms. The molecule has 0 aromatic heterocycles. The van der Waals surface area contributed by atoms with Gasteiger partial charge in [0.15, 0.2) is 0 Å². The largest absolute Gasteiger partial charge is 0.398 e. The first kappa shape index (κ1) is 12.5. The summed E-state index contributed by atoms with van der Waals surface area (Å²) in [7, 11) is 0. The van der Waals surface area contributed by atoms with Gasteiger partial charge in [0.25, 0.3) is 0 Å². The molecule has 0 fully saturated rings. The Morgan fingerprint density at radius 2 is 1.95 bits per heavy atom. The molecule has 1 heterocycles. The molecule has 0 bridgehead atoms. The number of rotatable bonds is 3. The molecule has 0 saturated carbocycles. The Hall–Kier alpha value is -2.49. The zero-order chi connectivity index (χ0) is 14.1. The third-order valence-electron chi connectivity index (χ3n) is 3.80. The van der Waals surface area contributed by atoms with Crippen LogP contribution in [0.1, 0.15) is 21.5 Å². The third-order valence-corrected chi connectivity index (χ3v) is 3.80. The number of anilines is 2. The van der Waals surface area contributed by atoms with Crippen LogP contribution in [0.4, 0.5) is 11.4 Å². The summed E-state index contributed by atoms with van der Waals surface area (Å²) in [6.07, 6.45) is 0.945. The van der Waals surface area contributed by atoms with Crippen LogP contribution in [-0.2, 0) is 13.0 Å². The molecule has 0 spiro atoms. The minimum atomic E-state index is -0.382. The number of nitrogens with zero attached hydrogens (tertiary/aromatic N) is 1. The average molecular weight is 267 g/mol. The highest BCUT2D eigenvalue weighted by Gasteiger charge is 2.21. The van der Waals surface area contributed by atoms with Crippen LogP contribution in [0.15, 0.2) is 42.5 Å². The number of hydrogen-bond donors (Lipinski definition) is 2. The van der Waals surface area contributed by atoms with Gasteiger partial charge in [-0.15, -0.1) is 0 Å². The molecule has 1 aliphatic rings. The summed E-state index contributed by atoms with van der Waals surface area (Å²) in [5, 5.41) is 0. The van der Waals surface area contributed by atoms with Crippen molar-refractivity contribution in [1.29, 1.82) is 0 Å². The topological polar surface area (TPSA) is 72.4 Å². The zero-order valence-corrected chi connectivity index (χ0v) is 11.2. The summed E-state index contributed by atoms with van der Waals surface area (Å²) in [5.74, 6) is -0.382. The predicted octanol–water partition coefficient (Wildman–Crippen LogP) is 1.93. The molecule has 4 N–H and O–H groups in total. The number of benzene rings is 2. The lowest BCUT2D eigenvalue weighted by atomic mass is 10.1. The van der Waals surface area contributed by atoms with Crippen LogP contribution in [0.25, 0.3) is 0 Å². The number of carbonyl (C=O) groups excluding carboxylic acids is 1. The van der Waals surface area contributed by atoms with Gasteiger partial charge in [0.05, 0.1) is 0 Å². The lowest BCUT2D eigenvalue weighted by Crippen LogP contribution is -2.22. The van der Waals surface area contributed by atoms with Crippen molar-refractivity contribution in [3.63, 3.8) is 0 Å². The quantitative estimate of drug-likeness (QED) is 0.835. The monoisotopic (exact) mass is 267 g/mol. The van der Waals surface area contributed by atoms with E-state index in [1.54, 1.807) is 6.07 Å². The maximum Gasteiger partial charge on any atom is 0.249 e. The number of nitrogen functional groups attached to an aromatic ring is 1. The molecule has 2 aromatic carbocycles. The van der Waals surface area contributed by atoms with E-state index < -0.39 is 0 Å². The van der Waals surface area contributed by atoms with Crippen molar-refractivity contribution in [1.82, 2.24) is 0 Å². The first-order valence-corrected chi connectivity index (χ1v) is 6.67. The number of fused-ring (bicyclic) bond motifs is 1. The Labute approximate surface area is 118 Å². The fraction of sp³-hybridized carbons (Fsp3) is 0.188. The van der Waals surface area contributed by atoms with Gasteiger partial charge >= 0.3 is 0 Å². The highest BCUT2D eigenvalue weighted by molar-refractivity contribution is 5.94. The molecule has 3 rings (SSSR count). The molecule has 0 atom stereocenters. The SMILES string of the molecule is NC(=O)c1ccccc1CN1CCc2c(N)cccc21. The van der Waals surface area contributed by atoms with Crippen molar-refractivity contribution in [2.75, 3.05) is 17.2 Å². The molecule has 0 aliphatic carbocycles. The lowest BCUT2D eigenvalue weighted by Gasteiger charge is -2.20. The fourth-order valence-electron chi connectivity index (χ4n) is 2.80. The molecule has 1 amide bonds. The minimum Gasteiger partial charge on any atom is -0.398 e. The zero-order valence-electron chi connectivity index (χ0n) is 11.2. The van der Waals surface area contributed by atoms with Crippen molar-refractivity contribution < 1.29 is 4.79 Å². The van der Waals surface area contributed by atoms with Gasteiger partial charge in [0.1, 0.15) is 0 Å². The van der Waals surface area contributed by atoms with E-state index in [9.17, 15) is 4.79 Å². The molecular weight excluding hydrogens is 250 g/mol. The number of amides is 1. The van der Waals surface area contributed by atoms with Gasteiger partial charge in [-0.2, -0.15) is 0 Å². The Morgan fingerprint density at radius 1 is 1.15 bits per heavy atom. The minimum absolute atomic E-state index is 0.382. The highest BCUT2D eigenvalue weighted by atomic mass is 16.1. The second kappa shape index (κ2) is 4.89. The van der Waals surface area contributed by atoms with Gasteiger partial charge in [-0.3, -0.25) is 4.79 Å². The Balaban J connectivity index is 1.92. The van der Waals surface area contributed by atoms with Crippen LogP contribution in [0, 0.1) is 0 Å². The standard InChI is InChI=1S/C16H17N3O/c17-14-6-3-7-15-13(14)8-9-19(15)10-11-4-1-2-5-12(11)16(18)20/h1-7H,8-10,17H2,(H2,18,20). The van der Waals surface area contributed by atoms with Gasteiger partial charge in [0, 0.05) is 35.6 Å². The van der Waals surface area contributed by atoms with E-state index in [2.05, 4.69) is 11.0 Å². The molecule has 0 unspecified atom stereocenters. The van der Waals surface area contributed by atoms with Crippen molar-refractivity contribution >= 4 is 17.3 Å². The molecule has 1 aliphatic heterocycles.